The van der Waals surface area contributed by atoms with Gasteiger partial charge in [0.2, 0.25) is 10.0 Å². The number of amides is 1. The molecule has 1 N–H and O–H groups in total. The van der Waals surface area contributed by atoms with E-state index in [1.54, 1.807) is 17.8 Å². The van der Waals surface area contributed by atoms with E-state index in [1.165, 1.54) is 15.9 Å². The van der Waals surface area contributed by atoms with Gasteiger partial charge in [-0.25, -0.2) is 8.42 Å². The van der Waals surface area contributed by atoms with Crippen LogP contribution in [0.25, 0.3) is 0 Å². The van der Waals surface area contributed by atoms with Crippen LogP contribution < -0.4 is 5.32 Å². The van der Waals surface area contributed by atoms with Crippen molar-refractivity contribution in [2.24, 2.45) is 13.0 Å². The summed E-state index contributed by atoms with van der Waals surface area (Å²) in [4.78, 5) is 13.2. The number of nitrogens with one attached hydrogen (secondary N) is 1. The summed E-state index contributed by atoms with van der Waals surface area (Å²) >= 11 is 0. The lowest BCUT2D eigenvalue weighted by atomic mass is 10.0. The molecule has 1 saturated heterocycles. The number of aromatic nitrogens is 1. The van der Waals surface area contributed by atoms with Crippen molar-refractivity contribution in [3.8, 4) is 0 Å². The third kappa shape index (κ3) is 3.73. The van der Waals surface area contributed by atoms with Crippen molar-refractivity contribution in [1.82, 2.24) is 14.2 Å². The minimum atomic E-state index is -3.53. The molecule has 150 valence electrons. The van der Waals surface area contributed by atoms with E-state index >= 15 is 0 Å². The first-order chi connectivity index (χ1) is 13.4. The molecule has 6 nitrogen and oxygen atoms in total. The number of hydrogen-bond donors (Lipinski definition) is 1. The molecule has 1 amide bonds. The maximum Gasteiger partial charge on any atom is 0.268 e. The fourth-order valence-corrected chi connectivity index (χ4v) is 5.46. The second kappa shape index (κ2) is 7.37. The van der Waals surface area contributed by atoms with Crippen LogP contribution in [0.4, 0.5) is 0 Å². The van der Waals surface area contributed by atoms with Crippen molar-refractivity contribution < 1.29 is 13.2 Å². The predicted molar refractivity (Wildman–Crippen MR) is 108 cm³/mol. The fraction of sp³-hybridized carbons (Fsp3) is 0.476. The number of nitrogens with zero attached hydrogens (tertiary/aromatic N) is 2. The monoisotopic (exact) mass is 401 g/mol. The van der Waals surface area contributed by atoms with Crippen molar-refractivity contribution in [3.05, 3.63) is 53.3 Å². The van der Waals surface area contributed by atoms with Crippen LogP contribution in [-0.4, -0.2) is 36.3 Å². The summed E-state index contributed by atoms with van der Waals surface area (Å²) in [6.45, 7) is 3.15. The zero-order chi connectivity index (χ0) is 19.9. The van der Waals surface area contributed by atoms with Crippen molar-refractivity contribution in [2.45, 2.75) is 43.5 Å². The zero-order valence-electron chi connectivity index (χ0n) is 16.4. The molecule has 4 rings (SSSR count). The molecule has 1 atom stereocenters. The van der Waals surface area contributed by atoms with Gasteiger partial charge in [0.15, 0.2) is 0 Å². The normalized spacial score (nSPS) is 18.9. The molecule has 1 aromatic carbocycles. The Hall–Kier alpha value is -2.12. The minimum absolute atomic E-state index is 0.0401. The first kappa shape index (κ1) is 19.2. The van der Waals surface area contributed by atoms with Crippen LogP contribution in [0.5, 0.6) is 0 Å². The van der Waals surface area contributed by atoms with Crippen LogP contribution >= 0.6 is 0 Å². The number of rotatable bonds is 6. The minimum Gasteiger partial charge on any atom is -0.345 e. The Labute approximate surface area is 166 Å². The van der Waals surface area contributed by atoms with Gasteiger partial charge in [-0.1, -0.05) is 29.8 Å². The third-order valence-electron chi connectivity index (χ3n) is 5.73. The van der Waals surface area contributed by atoms with Crippen LogP contribution in [0.1, 0.15) is 53.3 Å². The third-order valence-corrected chi connectivity index (χ3v) is 7.60. The Morgan fingerprint density at radius 3 is 2.39 bits per heavy atom. The Kier molecular flexibility index (Phi) is 5.05. The second-order valence-electron chi connectivity index (χ2n) is 7.98. The van der Waals surface area contributed by atoms with Crippen molar-refractivity contribution in [3.63, 3.8) is 0 Å². The zero-order valence-corrected chi connectivity index (χ0v) is 17.2. The van der Waals surface area contributed by atoms with Gasteiger partial charge < -0.3 is 9.88 Å². The Morgan fingerprint density at radius 2 is 1.79 bits per heavy atom. The van der Waals surface area contributed by atoms with Gasteiger partial charge in [0.1, 0.15) is 10.6 Å². The molecule has 2 aliphatic rings. The Morgan fingerprint density at radius 1 is 1.14 bits per heavy atom. The molecule has 28 heavy (non-hydrogen) atoms. The number of carbonyl (C=O) groups excluding carboxylic acids is 1. The second-order valence-corrected chi connectivity index (χ2v) is 9.92. The van der Waals surface area contributed by atoms with E-state index in [4.69, 9.17) is 0 Å². The van der Waals surface area contributed by atoms with E-state index in [1.807, 2.05) is 6.92 Å². The van der Waals surface area contributed by atoms with E-state index in [2.05, 4.69) is 29.6 Å². The summed E-state index contributed by atoms with van der Waals surface area (Å²) in [5.41, 5.74) is 2.65. The highest BCUT2D eigenvalue weighted by atomic mass is 32.2. The number of benzene rings is 1. The number of sulfonamides is 1. The summed E-state index contributed by atoms with van der Waals surface area (Å²) in [5, 5.41) is 3.14. The summed E-state index contributed by atoms with van der Waals surface area (Å²) in [7, 11) is -1.81. The first-order valence-corrected chi connectivity index (χ1v) is 11.3. The van der Waals surface area contributed by atoms with E-state index in [0.717, 1.165) is 31.2 Å². The molecule has 2 heterocycles. The van der Waals surface area contributed by atoms with Crippen LogP contribution in [0.2, 0.25) is 0 Å². The van der Waals surface area contributed by atoms with E-state index in [0.29, 0.717) is 24.7 Å². The molecule has 7 heteroatoms. The molecular formula is C21H27N3O3S. The van der Waals surface area contributed by atoms with Crippen LogP contribution in [0, 0.1) is 12.8 Å². The van der Waals surface area contributed by atoms with Crippen molar-refractivity contribution in [1.29, 1.82) is 0 Å². The Balaban J connectivity index is 1.56. The molecule has 2 aromatic rings. The maximum atomic E-state index is 13.0. The highest BCUT2D eigenvalue weighted by Crippen LogP contribution is 2.41. The SMILES string of the molecule is Cc1ccc(C(NC(=O)c2cc(S(=O)(=O)N3CCCC3)cn2C)C2CC2)cc1. The van der Waals surface area contributed by atoms with Crippen molar-refractivity contribution >= 4 is 15.9 Å². The average Bonchev–Trinajstić information content (AvgIpc) is 3.17. The summed E-state index contributed by atoms with van der Waals surface area (Å²) in [5.74, 6) is 0.211. The number of hydrogen-bond acceptors (Lipinski definition) is 3. The van der Waals surface area contributed by atoms with Gasteiger partial charge in [-0.05, 0) is 50.2 Å². The molecule has 0 radical (unpaired) electrons. The van der Waals surface area contributed by atoms with E-state index in [9.17, 15) is 13.2 Å². The maximum absolute atomic E-state index is 13.0. The first-order valence-electron chi connectivity index (χ1n) is 9.90. The molecule has 1 saturated carbocycles. The lowest BCUT2D eigenvalue weighted by Crippen LogP contribution is -2.31. The number of aryl methyl sites for hydroxylation is 2. The van der Waals surface area contributed by atoms with Gasteiger partial charge >= 0.3 is 0 Å². The highest BCUT2D eigenvalue weighted by Gasteiger charge is 2.35. The van der Waals surface area contributed by atoms with E-state index < -0.39 is 10.0 Å². The standard InChI is InChI=1S/C21H27N3O3S/c1-15-5-7-16(8-6-15)20(17-9-10-17)22-21(25)19-13-18(14-23(19)2)28(26,27)24-11-3-4-12-24/h5-8,13-14,17,20H,3-4,9-12H2,1-2H3,(H,22,25). The van der Waals surface area contributed by atoms with Crippen LogP contribution in [-0.2, 0) is 17.1 Å². The quantitative estimate of drug-likeness (QED) is 0.809. The summed E-state index contributed by atoms with van der Waals surface area (Å²) in [6, 6.07) is 9.70. The van der Waals surface area contributed by atoms with Crippen LogP contribution in [0.15, 0.2) is 41.4 Å². The molecular weight excluding hydrogens is 374 g/mol. The average molecular weight is 402 g/mol. The molecule has 2 fully saturated rings. The molecule has 1 aliphatic carbocycles. The molecule has 0 bridgehead atoms. The fourth-order valence-electron chi connectivity index (χ4n) is 3.87. The highest BCUT2D eigenvalue weighted by molar-refractivity contribution is 7.89. The lowest BCUT2D eigenvalue weighted by molar-refractivity contribution is 0.0923. The smallest absolute Gasteiger partial charge is 0.268 e. The van der Waals surface area contributed by atoms with Crippen LogP contribution in [0.3, 0.4) is 0 Å². The Bertz CT molecular complexity index is 969. The van der Waals surface area contributed by atoms with Gasteiger partial charge in [-0.15, -0.1) is 0 Å². The van der Waals surface area contributed by atoms with Gasteiger partial charge in [0.05, 0.1) is 6.04 Å². The van der Waals surface area contributed by atoms with Gasteiger partial charge in [-0.2, -0.15) is 4.31 Å². The van der Waals surface area contributed by atoms with Gasteiger partial charge in [-0.3, -0.25) is 4.79 Å². The van der Waals surface area contributed by atoms with E-state index in [-0.39, 0.29) is 16.8 Å². The lowest BCUT2D eigenvalue weighted by Gasteiger charge is -2.19. The van der Waals surface area contributed by atoms with Crippen molar-refractivity contribution in [2.75, 3.05) is 13.1 Å². The summed E-state index contributed by atoms with van der Waals surface area (Å²) < 4.78 is 28.7. The summed E-state index contributed by atoms with van der Waals surface area (Å²) in [6.07, 6.45) is 5.51. The molecule has 0 spiro atoms. The predicted octanol–water partition coefficient (Wildman–Crippen LogP) is 3.00. The molecule has 1 aliphatic heterocycles. The largest absolute Gasteiger partial charge is 0.345 e. The van der Waals surface area contributed by atoms with Gasteiger partial charge in [0, 0.05) is 26.3 Å². The number of carbonyl (C=O) groups is 1. The molecule has 1 unspecified atom stereocenters. The van der Waals surface area contributed by atoms with Gasteiger partial charge in [0.25, 0.3) is 5.91 Å². The topological polar surface area (TPSA) is 71.4 Å². The molecule has 1 aromatic heterocycles.